The van der Waals surface area contributed by atoms with E-state index < -0.39 is 10.0 Å². The van der Waals surface area contributed by atoms with Gasteiger partial charge in [-0.1, -0.05) is 12.1 Å². The molecule has 0 bridgehead atoms. The van der Waals surface area contributed by atoms with E-state index in [9.17, 15) is 17.6 Å². The number of carbonyl (C=O) groups excluding carboxylic acids is 1. The van der Waals surface area contributed by atoms with Crippen molar-refractivity contribution < 1.29 is 22.3 Å². The van der Waals surface area contributed by atoms with E-state index in [2.05, 4.69) is 5.32 Å². The summed E-state index contributed by atoms with van der Waals surface area (Å²) >= 11 is 0. The first-order valence-electron chi connectivity index (χ1n) is 9.61. The van der Waals surface area contributed by atoms with Crippen molar-refractivity contribution in [1.82, 2.24) is 5.32 Å². The molecule has 2 aromatic carbocycles. The third-order valence-corrected chi connectivity index (χ3v) is 6.63. The van der Waals surface area contributed by atoms with Crippen LogP contribution in [-0.4, -0.2) is 39.8 Å². The predicted molar refractivity (Wildman–Crippen MR) is 108 cm³/mol. The fourth-order valence-corrected chi connectivity index (χ4v) is 4.97. The summed E-state index contributed by atoms with van der Waals surface area (Å²) < 4.78 is 44.3. The minimum absolute atomic E-state index is 0.167. The van der Waals surface area contributed by atoms with Crippen molar-refractivity contribution in [2.45, 2.75) is 31.4 Å². The number of nitrogens with zero attached hydrogens (tertiary/aromatic N) is 1. The molecular weight excluding hydrogens is 395 g/mol. The number of amides is 1. The quantitative estimate of drug-likeness (QED) is 0.810. The lowest BCUT2D eigenvalue weighted by molar-refractivity contribution is 0.0672. The van der Waals surface area contributed by atoms with Crippen LogP contribution in [0.2, 0.25) is 0 Å². The third-order valence-electron chi connectivity index (χ3n) is 5.45. The van der Waals surface area contributed by atoms with E-state index >= 15 is 0 Å². The molecule has 1 N–H and O–H groups in total. The molecule has 2 aromatic rings. The van der Waals surface area contributed by atoms with Crippen molar-refractivity contribution in [3.05, 3.63) is 65.0 Å². The Labute approximate surface area is 169 Å². The van der Waals surface area contributed by atoms with E-state index in [0.717, 1.165) is 24.0 Å². The molecule has 1 saturated heterocycles. The van der Waals surface area contributed by atoms with E-state index in [0.29, 0.717) is 30.8 Å². The van der Waals surface area contributed by atoms with Crippen molar-refractivity contribution in [2.24, 2.45) is 0 Å². The number of carbonyl (C=O) groups is 1. The summed E-state index contributed by atoms with van der Waals surface area (Å²) in [6.45, 7) is 1.02. The van der Waals surface area contributed by atoms with Gasteiger partial charge in [-0.15, -0.1) is 0 Å². The molecule has 6 nitrogen and oxygen atoms in total. The maximum atomic E-state index is 13.3. The van der Waals surface area contributed by atoms with Crippen LogP contribution in [0.15, 0.2) is 42.5 Å². The number of sulfonamides is 1. The second kappa shape index (κ2) is 7.76. The van der Waals surface area contributed by atoms with Crippen LogP contribution in [0.1, 0.15) is 40.4 Å². The van der Waals surface area contributed by atoms with Crippen LogP contribution < -0.4 is 9.62 Å². The molecule has 4 rings (SSSR count). The second-order valence-corrected chi connectivity index (χ2v) is 9.39. The zero-order valence-corrected chi connectivity index (χ0v) is 16.9. The average molecular weight is 418 g/mol. The molecule has 2 aliphatic rings. The third kappa shape index (κ3) is 4.13. The van der Waals surface area contributed by atoms with Gasteiger partial charge in [0.05, 0.1) is 24.1 Å². The lowest BCUT2D eigenvalue weighted by Crippen LogP contribution is -2.36. The molecule has 154 valence electrons. The summed E-state index contributed by atoms with van der Waals surface area (Å²) in [6.07, 6.45) is 3.31. The van der Waals surface area contributed by atoms with Gasteiger partial charge in [-0.3, -0.25) is 9.10 Å². The maximum Gasteiger partial charge on any atom is 0.251 e. The second-order valence-electron chi connectivity index (χ2n) is 7.48. The first-order chi connectivity index (χ1) is 13.8. The summed E-state index contributed by atoms with van der Waals surface area (Å²) in [5.74, 6) is -0.601. The number of hydrogen-bond donors (Lipinski definition) is 1. The highest BCUT2D eigenvalue weighted by Crippen LogP contribution is 2.32. The van der Waals surface area contributed by atoms with Crippen molar-refractivity contribution in [3.8, 4) is 0 Å². The first kappa shape index (κ1) is 19.8. The van der Waals surface area contributed by atoms with Crippen LogP contribution >= 0.6 is 0 Å². The largest absolute Gasteiger partial charge is 0.376 e. The van der Waals surface area contributed by atoms with Crippen molar-refractivity contribution in [1.29, 1.82) is 0 Å². The molecule has 1 fully saturated rings. The number of anilines is 1. The lowest BCUT2D eigenvalue weighted by atomic mass is 9.98. The molecule has 0 unspecified atom stereocenters. The fourth-order valence-electron chi connectivity index (χ4n) is 4.01. The first-order valence-corrected chi connectivity index (χ1v) is 11.5. The molecule has 1 amide bonds. The number of halogens is 1. The summed E-state index contributed by atoms with van der Waals surface area (Å²) in [5.41, 5.74) is 2.71. The van der Waals surface area contributed by atoms with Gasteiger partial charge >= 0.3 is 0 Å². The highest BCUT2D eigenvalue weighted by Gasteiger charge is 2.30. The molecule has 2 aliphatic heterocycles. The van der Waals surface area contributed by atoms with E-state index in [1.807, 2.05) is 0 Å². The van der Waals surface area contributed by atoms with Gasteiger partial charge in [0, 0.05) is 18.7 Å². The van der Waals surface area contributed by atoms with Gasteiger partial charge in [0.25, 0.3) is 5.91 Å². The van der Waals surface area contributed by atoms with Gasteiger partial charge in [-0.2, -0.15) is 0 Å². The monoisotopic (exact) mass is 418 g/mol. The molecule has 29 heavy (non-hydrogen) atoms. The van der Waals surface area contributed by atoms with Gasteiger partial charge in [0.15, 0.2) is 0 Å². The Kier molecular flexibility index (Phi) is 5.31. The van der Waals surface area contributed by atoms with Gasteiger partial charge in [-0.05, 0) is 60.7 Å². The Balaban J connectivity index is 1.57. The zero-order chi connectivity index (χ0) is 20.6. The summed E-state index contributed by atoms with van der Waals surface area (Å²) in [6, 6.07) is 10.7. The normalized spacial score (nSPS) is 19.8. The highest BCUT2D eigenvalue weighted by molar-refractivity contribution is 7.92. The van der Waals surface area contributed by atoms with E-state index in [1.165, 1.54) is 22.7 Å². The highest BCUT2D eigenvalue weighted by atomic mass is 32.2. The van der Waals surface area contributed by atoms with Crippen molar-refractivity contribution in [2.75, 3.05) is 23.7 Å². The number of nitrogens with one attached hydrogen (secondary N) is 1. The van der Waals surface area contributed by atoms with Crippen LogP contribution in [-0.2, 0) is 21.2 Å². The number of fused-ring (bicyclic) bond motifs is 1. The standard InChI is InChI=1S/C21H23FN2O4S/c1-29(26,27)24-11-10-15-13-16(6-9-18(15)24)21(25)23-20(19-3-2-12-28-19)14-4-7-17(22)8-5-14/h4-9,13,19-20H,2-3,10-12H2,1H3,(H,23,25)/t19-,20+/m0/s1. The van der Waals surface area contributed by atoms with Crippen LogP contribution in [0.5, 0.6) is 0 Å². The van der Waals surface area contributed by atoms with Crippen LogP contribution in [0.25, 0.3) is 0 Å². The van der Waals surface area contributed by atoms with Gasteiger partial charge < -0.3 is 10.1 Å². The molecule has 0 aromatic heterocycles. The molecular formula is C21H23FN2O4S. The number of hydrogen-bond acceptors (Lipinski definition) is 4. The molecule has 8 heteroatoms. The average Bonchev–Trinajstić information content (AvgIpc) is 3.35. The van der Waals surface area contributed by atoms with Crippen molar-refractivity contribution >= 4 is 21.6 Å². The fraction of sp³-hybridized carbons (Fsp3) is 0.381. The van der Waals surface area contributed by atoms with Crippen LogP contribution in [0.3, 0.4) is 0 Å². The van der Waals surface area contributed by atoms with Crippen LogP contribution in [0, 0.1) is 5.82 Å². The maximum absolute atomic E-state index is 13.3. The molecule has 2 heterocycles. The Hall–Kier alpha value is -2.45. The lowest BCUT2D eigenvalue weighted by Gasteiger charge is -2.25. The minimum atomic E-state index is -3.33. The Bertz CT molecular complexity index is 1020. The molecule has 0 aliphatic carbocycles. The number of benzene rings is 2. The zero-order valence-electron chi connectivity index (χ0n) is 16.1. The van der Waals surface area contributed by atoms with Gasteiger partial charge in [0.1, 0.15) is 5.82 Å². The van der Waals surface area contributed by atoms with Crippen molar-refractivity contribution in [3.63, 3.8) is 0 Å². The van der Waals surface area contributed by atoms with Crippen LogP contribution in [0.4, 0.5) is 10.1 Å². The van der Waals surface area contributed by atoms with Gasteiger partial charge in [-0.25, -0.2) is 12.8 Å². The smallest absolute Gasteiger partial charge is 0.251 e. The van der Waals surface area contributed by atoms with Gasteiger partial charge in [0.2, 0.25) is 10.0 Å². The summed E-state index contributed by atoms with van der Waals surface area (Å²) in [4.78, 5) is 13.0. The summed E-state index contributed by atoms with van der Waals surface area (Å²) in [7, 11) is -3.33. The molecule has 0 spiro atoms. The predicted octanol–water partition coefficient (Wildman–Crippen LogP) is 2.80. The molecule has 2 atom stereocenters. The molecule has 0 saturated carbocycles. The Morgan fingerprint density at radius 3 is 2.66 bits per heavy atom. The number of rotatable bonds is 5. The Morgan fingerprint density at radius 1 is 1.24 bits per heavy atom. The van der Waals surface area contributed by atoms with E-state index in [4.69, 9.17) is 4.74 Å². The topological polar surface area (TPSA) is 75.7 Å². The summed E-state index contributed by atoms with van der Waals surface area (Å²) in [5, 5.41) is 3.03. The van der Waals surface area contributed by atoms with E-state index in [-0.39, 0.29) is 23.9 Å². The Morgan fingerprint density at radius 2 is 2.00 bits per heavy atom. The number of ether oxygens (including phenoxy) is 1. The minimum Gasteiger partial charge on any atom is -0.376 e. The van der Waals surface area contributed by atoms with E-state index in [1.54, 1.807) is 30.3 Å². The molecule has 0 radical (unpaired) electrons. The SMILES string of the molecule is CS(=O)(=O)N1CCc2cc(C(=O)N[C@H](c3ccc(F)cc3)[C@@H]3CCCO3)ccc21.